The molecular weight excluding hydrogens is 372 g/mol. The average Bonchev–Trinajstić information content (AvgIpc) is 3.43. The molecule has 0 spiro atoms. The standard InChI is InChI=1S/C21H16N4S2/c1-14-6-8-15(9-7-14)21-23-16(11-27-21)10-25-19-5-3-2-4-17(19)24-20(25)18-12-26-13-22-18/h2-9,11-13H,10H2,1H3. The fourth-order valence-electron chi connectivity index (χ4n) is 3.12. The van der Waals surface area contributed by atoms with Crippen molar-refractivity contribution in [1.29, 1.82) is 0 Å². The van der Waals surface area contributed by atoms with Crippen LogP contribution in [-0.2, 0) is 6.54 Å². The Morgan fingerprint density at radius 3 is 2.63 bits per heavy atom. The molecule has 132 valence electrons. The van der Waals surface area contributed by atoms with Gasteiger partial charge in [-0.1, -0.05) is 42.0 Å². The van der Waals surface area contributed by atoms with Crippen molar-refractivity contribution in [2.75, 3.05) is 0 Å². The van der Waals surface area contributed by atoms with Crippen molar-refractivity contribution >= 4 is 33.7 Å². The van der Waals surface area contributed by atoms with Crippen LogP contribution < -0.4 is 0 Å². The molecule has 0 aliphatic rings. The van der Waals surface area contributed by atoms with Crippen LogP contribution in [0.3, 0.4) is 0 Å². The highest BCUT2D eigenvalue weighted by Gasteiger charge is 2.15. The second-order valence-electron chi connectivity index (χ2n) is 6.39. The van der Waals surface area contributed by atoms with E-state index in [1.165, 1.54) is 5.56 Å². The van der Waals surface area contributed by atoms with Crippen LogP contribution in [0.1, 0.15) is 11.3 Å². The van der Waals surface area contributed by atoms with Gasteiger partial charge in [0, 0.05) is 16.3 Å². The number of fused-ring (bicyclic) bond motifs is 1. The Labute approximate surface area is 164 Å². The summed E-state index contributed by atoms with van der Waals surface area (Å²) in [6.45, 7) is 2.77. The molecule has 0 aliphatic carbocycles. The van der Waals surface area contributed by atoms with Crippen molar-refractivity contribution < 1.29 is 0 Å². The van der Waals surface area contributed by atoms with Crippen LogP contribution in [0.2, 0.25) is 0 Å². The summed E-state index contributed by atoms with van der Waals surface area (Å²) >= 11 is 3.26. The molecule has 6 heteroatoms. The monoisotopic (exact) mass is 388 g/mol. The lowest BCUT2D eigenvalue weighted by Crippen LogP contribution is -2.02. The first-order chi connectivity index (χ1) is 13.3. The highest BCUT2D eigenvalue weighted by molar-refractivity contribution is 7.13. The quantitative estimate of drug-likeness (QED) is 0.400. The molecule has 2 aromatic carbocycles. The van der Waals surface area contributed by atoms with Crippen molar-refractivity contribution in [2.45, 2.75) is 13.5 Å². The first kappa shape index (κ1) is 16.4. The molecule has 0 radical (unpaired) electrons. The van der Waals surface area contributed by atoms with Crippen LogP contribution in [0, 0.1) is 6.92 Å². The molecule has 0 N–H and O–H groups in total. The van der Waals surface area contributed by atoms with E-state index < -0.39 is 0 Å². The van der Waals surface area contributed by atoms with Crippen LogP contribution >= 0.6 is 22.7 Å². The van der Waals surface area contributed by atoms with Gasteiger partial charge in [0.1, 0.15) is 10.7 Å². The highest BCUT2D eigenvalue weighted by Crippen LogP contribution is 2.28. The number of hydrogen-bond donors (Lipinski definition) is 0. The summed E-state index contributed by atoms with van der Waals surface area (Å²) < 4.78 is 2.21. The zero-order valence-electron chi connectivity index (χ0n) is 14.7. The fourth-order valence-corrected chi connectivity index (χ4v) is 4.47. The molecule has 4 nitrogen and oxygen atoms in total. The largest absolute Gasteiger partial charge is 0.317 e. The Morgan fingerprint density at radius 2 is 1.81 bits per heavy atom. The van der Waals surface area contributed by atoms with Crippen LogP contribution in [0.25, 0.3) is 33.1 Å². The molecule has 0 saturated heterocycles. The smallest absolute Gasteiger partial charge is 0.161 e. The number of benzene rings is 2. The Morgan fingerprint density at radius 1 is 0.963 bits per heavy atom. The number of thiazole rings is 2. The van der Waals surface area contributed by atoms with E-state index in [-0.39, 0.29) is 0 Å². The minimum absolute atomic E-state index is 0.676. The van der Waals surface area contributed by atoms with E-state index in [1.54, 1.807) is 22.7 Å². The zero-order chi connectivity index (χ0) is 18.2. The summed E-state index contributed by atoms with van der Waals surface area (Å²) in [5.41, 5.74) is 8.29. The van der Waals surface area contributed by atoms with Crippen LogP contribution in [0.4, 0.5) is 0 Å². The molecule has 3 heterocycles. The van der Waals surface area contributed by atoms with Gasteiger partial charge < -0.3 is 4.57 Å². The Kier molecular flexibility index (Phi) is 4.07. The number of aromatic nitrogens is 4. The number of nitrogens with zero attached hydrogens (tertiary/aromatic N) is 4. The summed E-state index contributed by atoms with van der Waals surface area (Å²) in [4.78, 5) is 14.1. The predicted molar refractivity (Wildman–Crippen MR) is 112 cm³/mol. The topological polar surface area (TPSA) is 43.6 Å². The number of aryl methyl sites for hydroxylation is 1. The van der Waals surface area contributed by atoms with Crippen molar-refractivity contribution in [3.8, 4) is 22.1 Å². The van der Waals surface area contributed by atoms with E-state index >= 15 is 0 Å². The van der Waals surface area contributed by atoms with Crippen molar-refractivity contribution in [1.82, 2.24) is 19.5 Å². The molecule has 5 rings (SSSR count). The lowest BCUT2D eigenvalue weighted by molar-refractivity contribution is 0.811. The molecule has 0 atom stereocenters. The van der Waals surface area contributed by atoms with Crippen molar-refractivity contribution in [3.05, 3.63) is 76.1 Å². The lowest BCUT2D eigenvalue weighted by Gasteiger charge is -2.06. The van der Waals surface area contributed by atoms with Gasteiger partial charge in [0.2, 0.25) is 0 Å². The highest BCUT2D eigenvalue weighted by atomic mass is 32.1. The second-order valence-corrected chi connectivity index (χ2v) is 7.97. The molecule has 3 aromatic heterocycles. The van der Waals surface area contributed by atoms with E-state index in [1.807, 2.05) is 29.1 Å². The van der Waals surface area contributed by atoms with Crippen LogP contribution in [0.5, 0.6) is 0 Å². The third kappa shape index (κ3) is 3.07. The maximum absolute atomic E-state index is 4.87. The second kappa shape index (κ2) is 6.72. The predicted octanol–water partition coefficient (Wildman–Crippen LogP) is 5.64. The van der Waals surface area contributed by atoms with Crippen LogP contribution in [0.15, 0.2) is 64.8 Å². The van der Waals surface area contributed by atoms with E-state index in [9.17, 15) is 0 Å². The molecule has 0 saturated carbocycles. The minimum Gasteiger partial charge on any atom is -0.317 e. The summed E-state index contributed by atoms with van der Waals surface area (Å²) in [6, 6.07) is 16.7. The molecule has 0 amide bonds. The summed E-state index contributed by atoms with van der Waals surface area (Å²) in [7, 11) is 0. The summed E-state index contributed by atoms with van der Waals surface area (Å²) in [5.74, 6) is 0.891. The van der Waals surface area contributed by atoms with Gasteiger partial charge in [-0.2, -0.15) is 0 Å². The Balaban J connectivity index is 1.55. The molecule has 0 fully saturated rings. The van der Waals surface area contributed by atoms with Crippen LogP contribution in [-0.4, -0.2) is 19.5 Å². The number of imidazole rings is 1. The normalized spacial score (nSPS) is 11.3. The van der Waals surface area contributed by atoms with Gasteiger partial charge in [-0.3, -0.25) is 0 Å². The average molecular weight is 389 g/mol. The zero-order valence-corrected chi connectivity index (χ0v) is 16.3. The van der Waals surface area contributed by atoms with Gasteiger partial charge in [0.25, 0.3) is 0 Å². The SMILES string of the molecule is Cc1ccc(-c2nc(Cn3c(-c4cscn4)nc4ccccc43)cs2)cc1. The molecule has 5 aromatic rings. The third-order valence-electron chi connectivity index (χ3n) is 4.49. The summed E-state index contributed by atoms with van der Waals surface area (Å²) in [6.07, 6.45) is 0. The first-order valence-electron chi connectivity index (χ1n) is 8.63. The maximum atomic E-state index is 4.87. The molecular formula is C21H16N4S2. The fraction of sp³-hybridized carbons (Fsp3) is 0.0952. The summed E-state index contributed by atoms with van der Waals surface area (Å²) in [5, 5.41) is 5.22. The maximum Gasteiger partial charge on any atom is 0.161 e. The van der Waals surface area contributed by atoms with Crippen molar-refractivity contribution in [2.24, 2.45) is 0 Å². The minimum atomic E-state index is 0.676. The molecule has 0 bridgehead atoms. The van der Waals surface area contributed by atoms with Gasteiger partial charge in [0.15, 0.2) is 5.82 Å². The van der Waals surface area contributed by atoms with Gasteiger partial charge in [0.05, 0.1) is 28.8 Å². The van der Waals surface area contributed by atoms with E-state index in [4.69, 9.17) is 9.97 Å². The first-order valence-corrected chi connectivity index (χ1v) is 10.5. The number of para-hydroxylation sites is 2. The molecule has 0 unspecified atom stereocenters. The van der Waals surface area contributed by atoms with Crippen molar-refractivity contribution in [3.63, 3.8) is 0 Å². The number of hydrogen-bond acceptors (Lipinski definition) is 5. The Bertz CT molecular complexity index is 1200. The van der Waals surface area contributed by atoms with Gasteiger partial charge >= 0.3 is 0 Å². The third-order valence-corrected chi connectivity index (χ3v) is 6.01. The lowest BCUT2D eigenvalue weighted by atomic mass is 10.2. The van der Waals surface area contributed by atoms with Gasteiger partial charge in [-0.05, 0) is 19.1 Å². The van der Waals surface area contributed by atoms with E-state index in [2.05, 4.69) is 52.2 Å². The molecule has 0 aliphatic heterocycles. The Hall–Kier alpha value is -2.83. The van der Waals surface area contributed by atoms with E-state index in [0.717, 1.165) is 38.8 Å². The van der Waals surface area contributed by atoms with Gasteiger partial charge in [-0.25, -0.2) is 15.0 Å². The number of rotatable bonds is 4. The van der Waals surface area contributed by atoms with E-state index in [0.29, 0.717) is 6.54 Å². The van der Waals surface area contributed by atoms with Gasteiger partial charge in [-0.15, -0.1) is 22.7 Å². The molecule has 27 heavy (non-hydrogen) atoms.